The maximum Gasteiger partial charge on any atom is 0.416 e. The molecular formula is C17H15F3N4. The predicted octanol–water partition coefficient (Wildman–Crippen LogP) is 4.12. The van der Waals surface area contributed by atoms with E-state index in [1.165, 1.54) is 12.1 Å². The summed E-state index contributed by atoms with van der Waals surface area (Å²) in [5.41, 5.74) is -0.0536. The number of nitriles is 1. The van der Waals surface area contributed by atoms with E-state index >= 15 is 0 Å². The van der Waals surface area contributed by atoms with Crippen LogP contribution >= 0.6 is 0 Å². The fourth-order valence-corrected chi connectivity index (χ4v) is 3.24. The summed E-state index contributed by atoms with van der Waals surface area (Å²) in [5, 5.41) is 19.5. The smallest absolute Gasteiger partial charge is 0.365 e. The first-order chi connectivity index (χ1) is 11.5. The molecule has 24 heavy (non-hydrogen) atoms. The number of hydrogen-bond acceptors (Lipinski definition) is 4. The summed E-state index contributed by atoms with van der Waals surface area (Å²) in [7, 11) is 0. The maximum atomic E-state index is 13.3. The van der Waals surface area contributed by atoms with Crippen molar-refractivity contribution in [3.05, 3.63) is 53.2 Å². The monoisotopic (exact) mass is 332 g/mol. The zero-order chi connectivity index (χ0) is 17.2. The predicted molar refractivity (Wildman–Crippen MR) is 82.2 cm³/mol. The molecular weight excluding hydrogens is 317 g/mol. The number of nitrogens with one attached hydrogen (secondary N) is 1. The Kier molecular flexibility index (Phi) is 4.38. The molecule has 1 N–H and O–H groups in total. The fourth-order valence-electron chi connectivity index (χ4n) is 3.24. The van der Waals surface area contributed by atoms with Crippen molar-refractivity contribution < 1.29 is 13.2 Å². The fraction of sp³-hybridized carbons (Fsp3) is 0.353. The summed E-state index contributed by atoms with van der Waals surface area (Å²) in [6, 6.07) is 10.6. The van der Waals surface area contributed by atoms with Crippen LogP contribution in [0.1, 0.15) is 42.0 Å². The topological polar surface area (TPSA) is 61.6 Å². The number of anilines is 1. The number of rotatable bonds is 3. The number of hydrogen-bond donors (Lipinski definition) is 1. The van der Waals surface area contributed by atoms with Crippen molar-refractivity contribution in [3.63, 3.8) is 0 Å². The molecule has 1 aliphatic carbocycles. The summed E-state index contributed by atoms with van der Waals surface area (Å²) in [5.74, 6) is 0.232. The van der Waals surface area contributed by atoms with E-state index in [4.69, 9.17) is 5.26 Å². The third-order valence-electron chi connectivity index (χ3n) is 4.29. The van der Waals surface area contributed by atoms with Crippen molar-refractivity contribution in [2.24, 2.45) is 0 Å². The molecule has 0 bridgehead atoms. The lowest BCUT2D eigenvalue weighted by Gasteiger charge is -2.24. The Bertz CT molecular complexity index is 750. The van der Waals surface area contributed by atoms with Gasteiger partial charge in [0, 0.05) is 12.0 Å². The van der Waals surface area contributed by atoms with E-state index in [0.29, 0.717) is 17.8 Å². The average Bonchev–Trinajstić information content (AvgIpc) is 3.03. The van der Waals surface area contributed by atoms with Gasteiger partial charge in [0.15, 0.2) is 5.69 Å². The van der Waals surface area contributed by atoms with Crippen LogP contribution in [0.3, 0.4) is 0 Å². The molecule has 124 valence electrons. The lowest BCUT2D eigenvalue weighted by atomic mass is 9.90. The third-order valence-corrected chi connectivity index (χ3v) is 4.29. The summed E-state index contributed by atoms with van der Waals surface area (Å²) in [6.45, 7) is 0. The minimum atomic E-state index is -4.36. The van der Waals surface area contributed by atoms with Crippen molar-refractivity contribution in [1.29, 1.82) is 5.26 Å². The Hall–Kier alpha value is -2.62. The average molecular weight is 332 g/mol. The zero-order valence-electron chi connectivity index (χ0n) is 12.7. The first-order valence-electron chi connectivity index (χ1n) is 7.65. The summed E-state index contributed by atoms with van der Waals surface area (Å²) in [4.78, 5) is 0. The quantitative estimate of drug-likeness (QED) is 0.918. The van der Waals surface area contributed by atoms with Gasteiger partial charge < -0.3 is 5.32 Å². The Morgan fingerprint density at radius 3 is 2.54 bits per heavy atom. The molecule has 0 saturated heterocycles. The molecule has 0 aliphatic heterocycles. The summed E-state index contributed by atoms with van der Waals surface area (Å²) in [6.07, 6.45) is -2.07. The van der Waals surface area contributed by atoms with E-state index in [0.717, 1.165) is 18.9 Å². The highest BCUT2D eigenvalue weighted by Gasteiger charge is 2.38. The molecule has 0 radical (unpaired) electrons. The normalized spacial score (nSPS) is 20.6. The molecule has 4 nitrogen and oxygen atoms in total. The van der Waals surface area contributed by atoms with Gasteiger partial charge in [0.2, 0.25) is 0 Å². The van der Waals surface area contributed by atoms with Crippen LogP contribution in [0.5, 0.6) is 0 Å². The van der Waals surface area contributed by atoms with Gasteiger partial charge in [-0.1, -0.05) is 24.6 Å². The van der Waals surface area contributed by atoms with Crippen LogP contribution in [0, 0.1) is 11.3 Å². The standard InChI is InChI=1S/C17H15F3N4/c18-17(19,20)14-6-2-1-4-12(14)13-5-3-7-15(13)22-16-9-8-11(10-21)23-24-16/h1-2,4,6,8-9,13,15H,3,5,7H2,(H,22,24). The number of benzene rings is 1. The van der Waals surface area contributed by atoms with Crippen molar-refractivity contribution in [2.45, 2.75) is 37.4 Å². The molecule has 1 fully saturated rings. The molecule has 0 amide bonds. The number of nitrogens with zero attached hydrogens (tertiary/aromatic N) is 3. The van der Waals surface area contributed by atoms with Gasteiger partial charge >= 0.3 is 6.18 Å². The van der Waals surface area contributed by atoms with Gasteiger partial charge in [-0.05, 0) is 36.6 Å². The molecule has 1 aromatic heterocycles. The van der Waals surface area contributed by atoms with Crippen LogP contribution in [0.25, 0.3) is 0 Å². The SMILES string of the molecule is N#Cc1ccc(NC2CCCC2c2ccccc2C(F)(F)F)nn1. The van der Waals surface area contributed by atoms with Gasteiger partial charge in [0.05, 0.1) is 5.56 Å². The van der Waals surface area contributed by atoms with E-state index in [9.17, 15) is 13.2 Å². The minimum absolute atomic E-state index is 0.143. The second kappa shape index (κ2) is 6.48. The highest BCUT2D eigenvalue weighted by atomic mass is 19.4. The molecule has 2 unspecified atom stereocenters. The van der Waals surface area contributed by atoms with E-state index in [1.54, 1.807) is 18.2 Å². The molecule has 1 saturated carbocycles. The van der Waals surface area contributed by atoms with Crippen LogP contribution in [-0.4, -0.2) is 16.2 Å². The molecule has 2 aromatic rings. The second-order valence-electron chi connectivity index (χ2n) is 5.79. The first-order valence-corrected chi connectivity index (χ1v) is 7.65. The second-order valence-corrected chi connectivity index (χ2v) is 5.79. The van der Waals surface area contributed by atoms with E-state index in [-0.39, 0.29) is 17.7 Å². The minimum Gasteiger partial charge on any atom is -0.365 e. The lowest BCUT2D eigenvalue weighted by molar-refractivity contribution is -0.138. The highest BCUT2D eigenvalue weighted by Crippen LogP contribution is 2.42. The van der Waals surface area contributed by atoms with Gasteiger partial charge in [-0.25, -0.2) is 0 Å². The zero-order valence-corrected chi connectivity index (χ0v) is 12.7. The largest absolute Gasteiger partial charge is 0.416 e. The van der Waals surface area contributed by atoms with Gasteiger partial charge in [-0.2, -0.15) is 18.4 Å². The molecule has 0 spiro atoms. The molecule has 3 rings (SSSR count). The van der Waals surface area contributed by atoms with E-state index < -0.39 is 11.7 Å². The van der Waals surface area contributed by atoms with Gasteiger partial charge in [-0.3, -0.25) is 0 Å². The Morgan fingerprint density at radius 1 is 1.08 bits per heavy atom. The van der Waals surface area contributed by atoms with Crippen molar-refractivity contribution in [1.82, 2.24) is 10.2 Å². The molecule has 7 heteroatoms. The Balaban J connectivity index is 1.85. The van der Waals surface area contributed by atoms with E-state index in [2.05, 4.69) is 15.5 Å². The Morgan fingerprint density at radius 2 is 1.88 bits per heavy atom. The van der Waals surface area contributed by atoms with Crippen LogP contribution in [0.2, 0.25) is 0 Å². The first kappa shape index (κ1) is 16.2. The van der Waals surface area contributed by atoms with Gasteiger partial charge in [-0.15, -0.1) is 10.2 Å². The van der Waals surface area contributed by atoms with Crippen molar-refractivity contribution >= 4 is 5.82 Å². The van der Waals surface area contributed by atoms with Gasteiger partial charge in [0.25, 0.3) is 0 Å². The summed E-state index contributed by atoms with van der Waals surface area (Å²) < 4.78 is 39.8. The molecule has 1 aliphatic rings. The van der Waals surface area contributed by atoms with Crippen LogP contribution in [0.15, 0.2) is 36.4 Å². The number of alkyl halides is 3. The van der Waals surface area contributed by atoms with Crippen molar-refractivity contribution in [3.8, 4) is 6.07 Å². The van der Waals surface area contributed by atoms with E-state index in [1.807, 2.05) is 6.07 Å². The number of aromatic nitrogens is 2. The van der Waals surface area contributed by atoms with Crippen LogP contribution in [0.4, 0.5) is 19.0 Å². The third kappa shape index (κ3) is 3.32. The van der Waals surface area contributed by atoms with Gasteiger partial charge in [0.1, 0.15) is 11.9 Å². The summed E-state index contributed by atoms with van der Waals surface area (Å²) >= 11 is 0. The van der Waals surface area contributed by atoms with Crippen molar-refractivity contribution in [2.75, 3.05) is 5.32 Å². The number of halogens is 3. The maximum absolute atomic E-state index is 13.3. The Labute approximate surface area is 137 Å². The molecule has 1 heterocycles. The molecule has 2 atom stereocenters. The van der Waals surface area contributed by atoms with Crippen LogP contribution in [-0.2, 0) is 6.18 Å². The highest BCUT2D eigenvalue weighted by molar-refractivity contribution is 5.41. The lowest BCUT2D eigenvalue weighted by Crippen LogP contribution is -2.25. The molecule has 1 aromatic carbocycles. The van der Waals surface area contributed by atoms with Crippen LogP contribution < -0.4 is 5.32 Å².